The average Bonchev–Trinajstić information content (AvgIpc) is 2.72. The summed E-state index contributed by atoms with van der Waals surface area (Å²) in [5.41, 5.74) is 8.75. The van der Waals surface area contributed by atoms with E-state index in [0.29, 0.717) is 29.4 Å². The number of likely N-dealkylation sites (N-methyl/N-ethyl adjacent to an activating group) is 1. The smallest absolute Gasteiger partial charge is 0.259 e. The molecule has 0 aliphatic carbocycles. The van der Waals surface area contributed by atoms with E-state index in [4.69, 9.17) is 22.1 Å². The van der Waals surface area contributed by atoms with Crippen LogP contribution in [0.5, 0.6) is 0 Å². The van der Waals surface area contributed by atoms with E-state index in [1.165, 1.54) is 0 Å². The van der Waals surface area contributed by atoms with E-state index in [-0.39, 0.29) is 11.9 Å². The van der Waals surface area contributed by atoms with Crippen LogP contribution >= 0.6 is 11.6 Å². The number of anilines is 2. The zero-order valence-corrected chi connectivity index (χ0v) is 15.2. The van der Waals surface area contributed by atoms with Crippen LogP contribution in [0.3, 0.4) is 0 Å². The summed E-state index contributed by atoms with van der Waals surface area (Å²) in [4.78, 5) is 17.2. The van der Waals surface area contributed by atoms with E-state index < -0.39 is 0 Å². The zero-order chi connectivity index (χ0) is 18.0. The molecule has 3 rings (SSSR count). The second kappa shape index (κ2) is 7.44. The first-order valence-electron chi connectivity index (χ1n) is 8.15. The summed E-state index contributed by atoms with van der Waals surface area (Å²) in [5.74, 6) is -0.131. The van der Waals surface area contributed by atoms with Crippen LogP contribution in [0.15, 0.2) is 42.5 Å². The number of benzene rings is 2. The van der Waals surface area contributed by atoms with Crippen LogP contribution in [-0.2, 0) is 11.3 Å². The lowest BCUT2D eigenvalue weighted by molar-refractivity contribution is 0.0928. The van der Waals surface area contributed by atoms with Crippen molar-refractivity contribution in [2.24, 2.45) is 0 Å². The number of nitrogens with zero attached hydrogens (tertiary/aromatic N) is 2. The summed E-state index contributed by atoms with van der Waals surface area (Å²) >= 11 is 6.28. The van der Waals surface area contributed by atoms with E-state index in [1.54, 1.807) is 30.2 Å². The SMILES string of the molecule is COCC1CN(C(=O)c2ccc(N)cc2Cl)c2ccccc2CN1C. The van der Waals surface area contributed by atoms with Crippen molar-refractivity contribution in [1.82, 2.24) is 4.90 Å². The van der Waals surface area contributed by atoms with Gasteiger partial charge in [-0.05, 0) is 36.9 Å². The maximum absolute atomic E-state index is 13.2. The molecule has 0 bridgehead atoms. The Morgan fingerprint density at radius 3 is 2.80 bits per heavy atom. The molecule has 1 amide bonds. The number of carbonyl (C=O) groups excluding carboxylic acids is 1. The lowest BCUT2D eigenvalue weighted by Gasteiger charge is -2.29. The van der Waals surface area contributed by atoms with Crippen LogP contribution < -0.4 is 10.6 Å². The highest BCUT2D eigenvalue weighted by Gasteiger charge is 2.30. The summed E-state index contributed by atoms with van der Waals surface area (Å²) in [5, 5.41) is 0.364. The van der Waals surface area contributed by atoms with Gasteiger partial charge in [-0.3, -0.25) is 9.69 Å². The van der Waals surface area contributed by atoms with Crippen molar-refractivity contribution in [3.05, 3.63) is 58.6 Å². The first-order valence-corrected chi connectivity index (χ1v) is 8.53. The molecule has 0 saturated carbocycles. The van der Waals surface area contributed by atoms with Crippen molar-refractivity contribution < 1.29 is 9.53 Å². The van der Waals surface area contributed by atoms with Gasteiger partial charge in [-0.1, -0.05) is 29.8 Å². The fraction of sp³-hybridized carbons (Fsp3) is 0.316. The number of fused-ring (bicyclic) bond motifs is 1. The van der Waals surface area contributed by atoms with Crippen LogP contribution in [0.1, 0.15) is 15.9 Å². The maximum atomic E-state index is 13.2. The molecule has 1 unspecified atom stereocenters. The number of nitrogens with two attached hydrogens (primary N) is 1. The van der Waals surface area contributed by atoms with Gasteiger partial charge in [0.05, 0.1) is 23.2 Å². The van der Waals surface area contributed by atoms with Crippen molar-refractivity contribution in [1.29, 1.82) is 0 Å². The molecule has 132 valence electrons. The average molecular weight is 360 g/mol. The van der Waals surface area contributed by atoms with Gasteiger partial charge in [0.2, 0.25) is 0 Å². The van der Waals surface area contributed by atoms with E-state index in [0.717, 1.165) is 17.8 Å². The second-order valence-electron chi connectivity index (χ2n) is 6.31. The van der Waals surface area contributed by atoms with Gasteiger partial charge >= 0.3 is 0 Å². The quantitative estimate of drug-likeness (QED) is 0.856. The molecule has 2 aromatic carbocycles. The Balaban J connectivity index is 2.03. The number of amides is 1. The fourth-order valence-electron chi connectivity index (χ4n) is 3.17. The predicted octanol–water partition coefficient (Wildman–Crippen LogP) is 3.03. The normalized spacial score (nSPS) is 17.9. The van der Waals surface area contributed by atoms with Crippen molar-refractivity contribution >= 4 is 28.9 Å². The third-order valence-corrected chi connectivity index (χ3v) is 4.86. The molecule has 1 aliphatic rings. The Bertz CT molecular complexity index is 781. The van der Waals surface area contributed by atoms with Gasteiger partial charge in [-0.2, -0.15) is 0 Å². The summed E-state index contributed by atoms with van der Waals surface area (Å²) in [6.07, 6.45) is 0. The molecule has 0 radical (unpaired) electrons. The summed E-state index contributed by atoms with van der Waals surface area (Å²) in [7, 11) is 3.72. The second-order valence-corrected chi connectivity index (χ2v) is 6.72. The topological polar surface area (TPSA) is 58.8 Å². The molecule has 1 aliphatic heterocycles. The molecule has 0 fully saturated rings. The Morgan fingerprint density at radius 1 is 1.32 bits per heavy atom. The number of methoxy groups -OCH3 is 1. The Morgan fingerprint density at radius 2 is 2.08 bits per heavy atom. The fourth-order valence-corrected chi connectivity index (χ4v) is 3.44. The van der Waals surface area contributed by atoms with Gasteiger partial charge in [0.25, 0.3) is 5.91 Å². The van der Waals surface area contributed by atoms with E-state index in [9.17, 15) is 4.79 Å². The van der Waals surface area contributed by atoms with Crippen LogP contribution in [0.4, 0.5) is 11.4 Å². The highest BCUT2D eigenvalue weighted by atomic mass is 35.5. The summed E-state index contributed by atoms with van der Waals surface area (Å²) < 4.78 is 5.36. The standard InChI is InChI=1S/C19H22ClN3O2/c1-22-10-13-5-3-4-6-18(13)23(11-15(22)12-25-2)19(24)16-8-7-14(21)9-17(16)20/h3-9,15H,10-12,21H2,1-2H3. The van der Waals surface area contributed by atoms with Gasteiger partial charge in [0.15, 0.2) is 0 Å². The third-order valence-electron chi connectivity index (χ3n) is 4.55. The maximum Gasteiger partial charge on any atom is 0.259 e. The third kappa shape index (κ3) is 3.63. The van der Waals surface area contributed by atoms with Crippen LogP contribution in [0, 0.1) is 0 Å². The molecule has 2 N–H and O–H groups in total. The number of ether oxygens (including phenoxy) is 1. The van der Waals surface area contributed by atoms with E-state index in [1.807, 2.05) is 31.3 Å². The largest absolute Gasteiger partial charge is 0.399 e. The van der Waals surface area contributed by atoms with Gasteiger partial charge in [-0.25, -0.2) is 0 Å². The lowest BCUT2D eigenvalue weighted by atomic mass is 10.1. The van der Waals surface area contributed by atoms with Crippen molar-refractivity contribution in [2.75, 3.05) is 37.9 Å². The van der Waals surface area contributed by atoms with Crippen LogP contribution in [0.2, 0.25) is 5.02 Å². The lowest BCUT2D eigenvalue weighted by Crippen LogP contribution is -2.44. The molecule has 0 saturated heterocycles. The highest BCUT2D eigenvalue weighted by molar-refractivity contribution is 6.34. The minimum Gasteiger partial charge on any atom is -0.399 e. The first kappa shape index (κ1) is 17.7. The molecule has 1 heterocycles. The molecule has 5 nitrogen and oxygen atoms in total. The molecular formula is C19H22ClN3O2. The summed E-state index contributed by atoms with van der Waals surface area (Å²) in [6.45, 7) is 1.83. The molecule has 2 aromatic rings. The number of hydrogen-bond acceptors (Lipinski definition) is 4. The van der Waals surface area contributed by atoms with Gasteiger partial charge in [-0.15, -0.1) is 0 Å². The van der Waals surface area contributed by atoms with Crippen LogP contribution in [0.25, 0.3) is 0 Å². The number of para-hydroxylation sites is 1. The first-order chi connectivity index (χ1) is 12.0. The zero-order valence-electron chi connectivity index (χ0n) is 14.4. The van der Waals surface area contributed by atoms with Crippen LogP contribution in [-0.4, -0.2) is 44.2 Å². The minimum absolute atomic E-state index is 0.0916. The molecule has 25 heavy (non-hydrogen) atoms. The number of nitrogen functional groups attached to an aromatic ring is 1. The number of rotatable bonds is 3. The van der Waals surface area contributed by atoms with Gasteiger partial charge in [0.1, 0.15) is 0 Å². The van der Waals surface area contributed by atoms with Gasteiger partial charge in [0, 0.05) is 31.6 Å². The summed E-state index contributed by atoms with van der Waals surface area (Å²) in [6, 6.07) is 13.0. The Hall–Kier alpha value is -2.08. The predicted molar refractivity (Wildman–Crippen MR) is 101 cm³/mol. The van der Waals surface area contributed by atoms with Crippen molar-refractivity contribution in [2.45, 2.75) is 12.6 Å². The molecule has 0 aromatic heterocycles. The van der Waals surface area contributed by atoms with Crippen molar-refractivity contribution in [3.8, 4) is 0 Å². The molecule has 1 atom stereocenters. The van der Waals surface area contributed by atoms with Gasteiger partial charge < -0.3 is 15.4 Å². The van der Waals surface area contributed by atoms with E-state index in [2.05, 4.69) is 4.90 Å². The Labute approximate surface area is 152 Å². The number of carbonyl (C=O) groups is 1. The molecule has 6 heteroatoms. The Kier molecular flexibility index (Phi) is 5.27. The number of hydrogen-bond donors (Lipinski definition) is 1. The van der Waals surface area contributed by atoms with Crippen molar-refractivity contribution in [3.63, 3.8) is 0 Å². The highest BCUT2D eigenvalue weighted by Crippen LogP contribution is 2.30. The van der Waals surface area contributed by atoms with E-state index >= 15 is 0 Å². The molecular weight excluding hydrogens is 338 g/mol. The monoisotopic (exact) mass is 359 g/mol. The molecule has 0 spiro atoms. The minimum atomic E-state index is -0.131. The number of halogens is 1.